The number of alkyl halides is 2. The first-order valence-electron chi connectivity index (χ1n) is 9.45. The molecule has 1 aliphatic heterocycles. The molecule has 0 spiro atoms. The van der Waals surface area contributed by atoms with E-state index in [1.807, 2.05) is 20.8 Å². The molecule has 1 aromatic heterocycles. The van der Waals surface area contributed by atoms with Crippen LogP contribution < -0.4 is 15.4 Å². The lowest BCUT2D eigenvalue weighted by Crippen LogP contribution is -2.45. The van der Waals surface area contributed by atoms with Crippen molar-refractivity contribution in [2.75, 3.05) is 11.9 Å². The first kappa shape index (κ1) is 23.0. The number of amides is 1. The Bertz CT molecular complexity index is 986. The third-order valence-corrected chi connectivity index (χ3v) is 5.02. The molecule has 1 atom stereocenters. The van der Waals surface area contributed by atoms with E-state index in [1.54, 1.807) is 0 Å². The maximum absolute atomic E-state index is 14.8. The number of carbonyl (C=O) groups is 1. The van der Waals surface area contributed by atoms with Crippen molar-refractivity contribution < 1.29 is 27.4 Å². The van der Waals surface area contributed by atoms with Gasteiger partial charge in [-0.15, -0.1) is 0 Å². The average Bonchev–Trinajstić information content (AvgIpc) is 2.78. The van der Waals surface area contributed by atoms with E-state index in [9.17, 15) is 18.0 Å². The molecule has 10 heteroatoms. The number of thiocarbonyl (C=S) groups is 1. The van der Waals surface area contributed by atoms with Crippen molar-refractivity contribution in [1.82, 2.24) is 10.3 Å². The second-order valence-corrected chi connectivity index (χ2v) is 8.50. The molecule has 2 aromatic rings. The Labute approximate surface area is 183 Å². The number of benzene rings is 1. The summed E-state index contributed by atoms with van der Waals surface area (Å²) in [7, 11) is 0. The van der Waals surface area contributed by atoms with Crippen LogP contribution >= 0.6 is 12.2 Å². The molecule has 166 valence electrons. The van der Waals surface area contributed by atoms with Crippen LogP contribution in [-0.4, -0.2) is 34.7 Å². The number of pyridine rings is 1. The molecule has 3 rings (SSSR count). The molecular formula is C21H22F3N3O3S. The topological polar surface area (TPSA) is 72.5 Å². The van der Waals surface area contributed by atoms with Gasteiger partial charge in [-0.1, -0.05) is 12.2 Å². The molecule has 2 heterocycles. The fraction of sp³-hybridized carbons (Fsp3) is 0.381. The van der Waals surface area contributed by atoms with Crippen LogP contribution in [-0.2, 0) is 10.3 Å². The molecule has 1 aliphatic rings. The highest BCUT2D eigenvalue weighted by Gasteiger charge is 2.39. The van der Waals surface area contributed by atoms with Gasteiger partial charge in [0.05, 0.1) is 23.9 Å². The smallest absolute Gasteiger partial charge is 0.387 e. The van der Waals surface area contributed by atoms with Gasteiger partial charge in [-0.2, -0.15) is 8.78 Å². The Kier molecular flexibility index (Phi) is 6.51. The minimum absolute atomic E-state index is 0.0120. The summed E-state index contributed by atoms with van der Waals surface area (Å²) < 4.78 is 49.3. The minimum Gasteiger partial charge on any atom is -0.433 e. The number of nitrogens with zero attached hydrogens (tertiary/aromatic N) is 1. The molecule has 31 heavy (non-hydrogen) atoms. The van der Waals surface area contributed by atoms with Crippen LogP contribution in [0, 0.1) is 5.82 Å². The number of hydrogen-bond acceptors (Lipinski definition) is 5. The summed E-state index contributed by atoms with van der Waals surface area (Å²) in [5, 5.41) is 5.81. The maximum Gasteiger partial charge on any atom is 0.387 e. The van der Waals surface area contributed by atoms with Gasteiger partial charge in [0.2, 0.25) is 0 Å². The zero-order valence-electron chi connectivity index (χ0n) is 17.2. The van der Waals surface area contributed by atoms with E-state index in [-0.39, 0.29) is 18.1 Å². The van der Waals surface area contributed by atoms with Crippen molar-refractivity contribution in [1.29, 1.82) is 0 Å². The third-order valence-electron chi connectivity index (χ3n) is 4.80. The second kappa shape index (κ2) is 8.80. The molecule has 1 amide bonds. The second-order valence-electron chi connectivity index (χ2n) is 8.01. The largest absolute Gasteiger partial charge is 0.433 e. The van der Waals surface area contributed by atoms with Crippen molar-refractivity contribution in [3.63, 3.8) is 0 Å². The summed E-state index contributed by atoms with van der Waals surface area (Å²) in [5.74, 6) is -1.21. The molecule has 1 aromatic carbocycles. The molecule has 2 N–H and O–H groups in total. The Balaban J connectivity index is 1.83. The van der Waals surface area contributed by atoms with Crippen molar-refractivity contribution >= 4 is 28.8 Å². The van der Waals surface area contributed by atoms with Gasteiger partial charge in [0.25, 0.3) is 5.91 Å². The summed E-state index contributed by atoms with van der Waals surface area (Å²) in [4.78, 5) is 16.8. The first-order chi connectivity index (χ1) is 14.5. The van der Waals surface area contributed by atoms with Gasteiger partial charge in [0.1, 0.15) is 22.2 Å². The molecule has 6 nitrogen and oxygen atoms in total. The van der Waals surface area contributed by atoms with E-state index in [0.29, 0.717) is 22.7 Å². The normalized spacial score (nSPS) is 20.7. The van der Waals surface area contributed by atoms with Crippen LogP contribution in [0.4, 0.5) is 18.9 Å². The van der Waals surface area contributed by atoms with Crippen molar-refractivity contribution in [3.05, 3.63) is 53.6 Å². The predicted octanol–water partition coefficient (Wildman–Crippen LogP) is 4.41. The highest BCUT2D eigenvalue weighted by molar-refractivity contribution is 7.80. The van der Waals surface area contributed by atoms with Gasteiger partial charge in [-0.05, 0) is 51.1 Å². The molecule has 0 bridgehead atoms. The van der Waals surface area contributed by atoms with Crippen molar-refractivity contribution in [3.8, 4) is 5.75 Å². The number of nitrogens with one attached hydrogen (secondary N) is 2. The molecule has 0 aliphatic carbocycles. The molecule has 1 saturated heterocycles. The molecule has 1 fully saturated rings. The van der Waals surface area contributed by atoms with Gasteiger partial charge in [0.15, 0.2) is 0 Å². The number of rotatable bonds is 5. The summed E-state index contributed by atoms with van der Waals surface area (Å²) in [6.45, 7) is 2.87. The van der Waals surface area contributed by atoms with Crippen LogP contribution in [0.15, 0.2) is 36.5 Å². The number of hydrogen-bond donors (Lipinski definition) is 2. The van der Waals surface area contributed by atoms with E-state index < -0.39 is 29.5 Å². The Morgan fingerprint density at radius 2 is 2.03 bits per heavy atom. The third kappa shape index (κ3) is 5.71. The highest BCUT2D eigenvalue weighted by Crippen LogP contribution is 2.36. The number of aromatic nitrogens is 1. The van der Waals surface area contributed by atoms with E-state index in [4.69, 9.17) is 17.0 Å². The van der Waals surface area contributed by atoms with Crippen molar-refractivity contribution in [2.45, 2.75) is 44.9 Å². The summed E-state index contributed by atoms with van der Waals surface area (Å²) in [5.41, 5.74) is -0.774. The van der Waals surface area contributed by atoms with Gasteiger partial charge < -0.3 is 20.1 Å². The van der Waals surface area contributed by atoms with Crippen LogP contribution in [0.2, 0.25) is 0 Å². The van der Waals surface area contributed by atoms with Gasteiger partial charge in [0, 0.05) is 17.7 Å². The summed E-state index contributed by atoms with van der Waals surface area (Å²) in [6.07, 6.45) is 1.46. The minimum atomic E-state index is -2.98. The van der Waals surface area contributed by atoms with Crippen LogP contribution in [0.25, 0.3) is 0 Å². The van der Waals surface area contributed by atoms with Gasteiger partial charge in [-0.25, -0.2) is 9.37 Å². The number of carbonyl (C=O) groups excluding carboxylic acids is 1. The molecule has 0 unspecified atom stereocenters. The van der Waals surface area contributed by atoms with Crippen LogP contribution in [0.3, 0.4) is 0 Å². The molecule has 0 saturated carbocycles. The number of ether oxygens (including phenoxy) is 2. The molecular weight excluding hydrogens is 431 g/mol. The van der Waals surface area contributed by atoms with Gasteiger partial charge in [-0.3, -0.25) is 4.79 Å². The Hall–Kier alpha value is -2.72. The Morgan fingerprint density at radius 3 is 2.68 bits per heavy atom. The van der Waals surface area contributed by atoms with Crippen LogP contribution in [0.5, 0.6) is 5.75 Å². The quantitative estimate of drug-likeness (QED) is 0.654. The summed E-state index contributed by atoms with van der Waals surface area (Å²) in [6, 6.07) is 6.67. The van der Waals surface area contributed by atoms with Crippen molar-refractivity contribution in [2.24, 2.45) is 0 Å². The summed E-state index contributed by atoms with van der Waals surface area (Å²) >= 11 is 5.30. The lowest BCUT2D eigenvalue weighted by Gasteiger charge is -2.35. The standard InChI is InChI=1S/C21H22F3N3O3S/c1-20(2)11-21(3,27-17(31)10-29-20)14-8-12(4-6-15(14)22)26-18(28)16-7-5-13(9-25-16)30-19(23)24/h4-9,19H,10-11H2,1-3H3,(H,26,28)(H,27,31)/t21-/m0/s1. The zero-order valence-corrected chi connectivity index (χ0v) is 18.0. The first-order valence-corrected chi connectivity index (χ1v) is 9.85. The van der Waals surface area contributed by atoms with Crippen LogP contribution in [0.1, 0.15) is 43.2 Å². The number of anilines is 1. The average molecular weight is 453 g/mol. The zero-order chi connectivity index (χ0) is 22.8. The fourth-order valence-electron chi connectivity index (χ4n) is 3.62. The lowest BCUT2D eigenvalue weighted by atomic mass is 9.81. The SMILES string of the molecule is CC1(C)C[C@@](C)(c2cc(NC(=O)c3ccc(OC(F)F)cn3)ccc2F)NC(=S)CO1. The fourth-order valence-corrected chi connectivity index (χ4v) is 3.91. The highest BCUT2D eigenvalue weighted by atomic mass is 32.1. The maximum atomic E-state index is 14.8. The monoisotopic (exact) mass is 453 g/mol. The predicted molar refractivity (Wildman–Crippen MR) is 113 cm³/mol. The van der Waals surface area contributed by atoms with E-state index >= 15 is 0 Å². The lowest BCUT2D eigenvalue weighted by molar-refractivity contribution is -0.0500. The molecule has 0 radical (unpaired) electrons. The van der Waals surface area contributed by atoms with E-state index in [1.165, 1.54) is 30.3 Å². The van der Waals surface area contributed by atoms with Gasteiger partial charge >= 0.3 is 6.61 Å². The van der Waals surface area contributed by atoms with E-state index in [0.717, 1.165) is 6.20 Å². The Morgan fingerprint density at radius 1 is 1.29 bits per heavy atom. The number of halogens is 3. The van der Waals surface area contributed by atoms with E-state index in [2.05, 4.69) is 20.4 Å².